The van der Waals surface area contributed by atoms with Gasteiger partial charge in [-0.2, -0.15) is 0 Å². The van der Waals surface area contributed by atoms with Crippen LogP contribution in [-0.4, -0.2) is 18.4 Å². The first-order valence-electron chi connectivity index (χ1n) is 6.79. The molecule has 1 aromatic rings. The number of carbonyl (C=O) groups is 2. The van der Waals surface area contributed by atoms with Crippen molar-refractivity contribution in [2.75, 3.05) is 11.9 Å². The van der Waals surface area contributed by atoms with E-state index in [1.807, 2.05) is 19.1 Å². The lowest BCUT2D eigenvalue weighted by Gasteiger charge is -2.08. The van der Waals surface area contributed by atoms with E-state index < -0.39 is 0 Å². The van der Waals surface area contributed by atoms with E-state index in [-0.39, 0.29) is 11.8 Å². The summed E-state index contributed by atoms with van der Waals surface area (Å²) in [7, 11) is 0. The van der Waals surface area contributed by atoms with Crippen molar-refractivity contribution in [3.8, 4) is 0 Å². The van der Waals surface area contributed by atoms with Crippen molar-refractivity contribution in [3.05, 3.63) is 28.8 Å². The van der Waals surface area contributed by atoms with E-state index >= 15 is 0 Å². The summed E-state index contributed by atoms with van der Waals surface area (Å²) in [5, 5.41) is 6.28. The average molecular weight is 297 g/mol. The second-order valence-electron chi connectivity index (χ2n) is 4.80. The minimum absolute atomic E-state index is 0.00921. The van der Waals surface area contributed by atoms with Gasteiger partial charge in [0.15, 0.2) is 0 Å². The molecular weight excluding hydrogens is 276 g/mol. The molecule has 2 amide bonds. The Morgan fingerprint density at radius 3 is 2.60 bits per heavy atom. The summed E-state index contributed by atoms with van der Waals surface area (Å²) in [5.74, 6) is -0.00379. The van der Waals surface area contributed by atoms with Crippen LogP contribution in [0.3, 0.4) is 0 Å². The summed E-state index contributed by atoms with van der Waals surface area (Å²) < 4.78 is 0. The first kappa shape index (κ1) is 16.5. The van der Waals surface area contributed by atoms with Crippen molar-refractivity contribution in [1.29, 1.82) is 0 Å². The summed E-state index contributed by atoms with van der Waals surface area (Å²) in [6.07, 6.45) is 3.13. The maximum absolute atomic E-state index is 11.8. The molecule has 0 saturated carbocycles. The molecule has 4 nitrogen and oxygen atoms in total. The Kier molecular flexibility index (Phi) is 7.09. The van der Waals surface area contributed by atoms with Crippen LogP contribution in [0.2, 0.25) is 5.02 Å². The molecule has 0 aromatic heterocycles. The van der Waals surface area contributed by atoms with Crippen molar-refractivity contribution >= 4 is 29.1 Å². The van der Waals surface area contributed by atoms with Gasteiger partial charge in [0.25, 0.3) is 0 Å². The van der Waals surface area contributed by atoms with Gasteiger partial charge in [-0.15, -0.1) is 0 Å². The van der Waals surface area contributed by atoms with Gasteiger partial charge < -0.3 is 10.6 Å². The fraction of sp³-hybridized carbons (Fsp3) is 0.467. The number of aryl methyl sites for hydroxylation is 1. The number of benzene rings is 1. The van der Waals surface area contributed by atoms with Crippen LogP contribution in [-0.2, 0) is 9.59 Å². The summed E-state index contributed by atoms with van der Waals surface area (Å²) >= 11 is 5.87. The minimum Gasteiger partial charge on any atom is -0.356 e. The van der Waals surface area contributed by atoms with E-state index in [9.17, 15) is 9.59 Å². The number of rotatable bonds is 7. The Labute approximate surface area is 124 Å². The standard InChI is InChI=1S/C15H21ClN2O2/c1-11-10-13(16)7-8-14(11)18-15(20)6-4-3-5-9-17-12(2)19/h7-8,10H,3-6,9H2,1-2H3,(H,17,19)(H,18,20). The fourth-order valence-electron chi connectivity index (χ4n) is 1.83. The largest absolute Gasteiger partial charge is 0.356 e. The molecule has 1 aromatic carbocycles. The predicted molar refractivity (Wildman–Crippen MR) is 82.0 cm³/mol. The maximum atomic E-state index is 11.8. The zero-order chi connectivity index (χ0) is 15.0. The molecular formula is C15H21ClN2O2. The van der Waals surface area contributed by atoms with E-state index in [0.717, 1.165) is 30.5 Å². The lowest BCUT2D eigenvalue weighted by molar-refractivity contribution is -0.119. The molecule has 0 aliphatic heterocycles. The summed E-state index contributed by atoms with van der Waals surface area (Å²) in [6, 6.07) is 5.40. The van der Waals surface area contributed by atoms with Crippen LogP contribution in [0.15, 0.2) is 18.2 Å². The molecule has 0 aliphatic rings. The van der Waals surface area contributed by atoms with Gasteiger partial charge in [0, 0.05) is 30.6 Å². The van der Waals surface area contributed by atoms with Crippen LogP contribution in [0.1, 0.15) is 38.2 Å². The summed E-state index contributed by atoms with van der Waals surface area (Å²) in [4.78, 5) is 22.4. The van der Waals surface area contributed by atoms with Crippen LogP contribution in [0.5, 0.6) is 0 Å². The highest BCUT2D eigenvalue weighted by Gasteiger charge is 2.05. The van der Waals surface area contributed by atoms with E-state index in [0.29, 0.717) is 18.0 Å². The van der Waals surface area contributed by atoms with Crippen molar-refractivity contribution < 1.29 is 9.59 Å². The molecule has 0 bridgehead atoms. The SMILES string of the molecule is CC(=O)NCCCCCC(=O)Nc1ccc(Cl)cc1C. The topological polar surface area (TPSA) is 58.2 Å². The van der Waals surface area contributed by atoms with Gasteiger partial charge in [0.2, 0.25) is 11.8 Å². The predicted octanol–water partition coefficient (Wildman–Crippen LogP) is 3.28. The lowest BCUT2D eigenvalue weighted by atomic mass is 10.1. The monoisotopic (exact) mass is 296 g/mol. The van der Waals surface area contributed by atoms with Crippen LogP contribution < -0.4 is 10.6 Å². The molecule has 0 saturated heterocycles. The molecule has 110 valence electrons. The molecule has 1 rings (SSSR count). The molecule has 5 heteroatoms. The van der Waals surface area contributed by atoms with E-state index in [1.165, 1.54) is 6.92 Å². The van der Waals surface area contributed by atoms with Crippen LogP contribution in [0.4, 0.5) is 5.69 Å². The summed E-state index contributed by atoms with van der Waals surface area (Å²) in [5.41, 5.74) is 1.76. The van der Waals surface area contributed by atoms with Gasteiger partial charge in [-0.1, -0.05) is 18.0 Å². The van der Waals surface area contributed by atoms with Gasteiger partial charge in [0.05, 0.1) is 0 Å². The van der Waals surface area contributed by atoms with Crippen molar-refractivity contribution in [3.63, 3.8) is 0 Å². The molecule has 0 fully saturated rings. The molecule has 0 spiro atoms. The first-order valence-corrected chi connectivity index (χ1v) is 7.17. The molecule has 20 heavy (non-hydrogen) atoms. The van der Waals surface area contributed by atoms with Crippen LogP contribution >= 0.6 is 11.6 Å². The number of amides is 2. The van der Waals surface area contributed by atoms with Gasteiger partial charge in [-0.3, -0.25) is 9.59 Å². The van der Waals surface area contributed by atoms with Crippen molar-refractivity contribution in [1.82, 2.24) is 5.32 Å². The highest BCUT2D eigenvalue weighted by atomic mass is 35.5. The number of hydrogen-bond acceptors (Lipinski definition) is 2. The molecule has 0 radical (unpaired) electrons. The maximum Gasteiger partial charge on any atom is 0.224 e. The smallest absolute Gasteiger partial charge is 0.224 e. The second-order valence-corrected chi connectivity index (χ2v) is 5.24. The van der Waals surface area contributed by atoms with Gasteiger partial charge in [0.1, 0.15) is 0 Å². The normalized spacial score (nSPS) is 10.2. The highest BCUT2D eigenvalue weighted by molar-refractivity contribution is 6.30. The highest BCUT2D eigenvalue weighted by Crippen LogP contribution is 2.19. The summed E-state index contributed by atoms with van der Waals surface area (Å²) in [6.45, 7) is 4.09. The number of anilines is 1. The zero-order valence-corrected chi connectivity index (χ0v) is 12.7. The second kappa shape index (κ2) is 8.59. The van der Waals surface area contributed by atoms with E-state index in [1.54, 1.807) is 6.07 Å². The minimum atomic E-state index is -0.0130. The fourth-order valence-corrected chi connectivity index (χ4v) is 2.06. The Morgan fingerprint density at radius 2 is 1.95 bits per heavy atom. The number of halogens is 1. The van der Waals surface area contributed by atoms with Gasteiger partial charge >= 0.3 is 0 Å². The molecule has 0 aliphatic carbocycles. The van der Waals surface area contributed by atoms with Crippen molar-refractivity contribution in [2.24, 2.45) is 0 Å². The van der Waals surface area contributed by atoms with Crippen LogP contribution in [0, 0.1) is 6.92 Å². The quantitative estimate of drug-likeness (QED) is 0.759. The van der Waals surface area contributed by atoms with E-state index in [2.05, 4.69) is 10.6 Å². The molecule has 0 atom stereocenters. The molecule has 2 N–H and O–H groups in total. The third-order valence-corrected chi connectivity index (χ3v) is 3.15. The number of unbranched alkanes of at least 4 members (excludes halogenated alkanes) is 2. The number of hydrogen-bond donors (Lipinski definition) is 2. The molecule has 0 heterocycles. The Bertz CT molecular complexity index is 475. The average Bonchev–Trinajstić information content (AvgIpc) is 2.36. The lowest BCUT2D eigenvalue weighted by Crippen LogP contribution is -2.20. The zero-order valence-electron chi connectivity index (χ0n) is 12.0. The van der Waals surface area contributed by atoms with Gasteiger partial charge in [-0.25, -0.2) is 0 Å². The first-order chi connectivity index (χ1) is 9.49. The number of carbonyl (C=O) groups excluding carboxylic acids is 2. The number of nitrogens with one attached hydrogen (secondary N) is 2. The Morgan fingerprint density at radius 1 is 1.20 bits per heavy atom. The van der Waals surface area contributed by atoms with Crippen LogP contribution in [0.25, 0.3) is 0 Å². The Hall–Kier alpha value is -1.55. The van der Waals surface area contributed by atoms with Gasteiger partial charge in [-0.05, 0) is 43.5 Å². The third-order valence-electron chi connectivity index (χ3n) is 2.92. The third kappa shape index (κ3) is 6.57. The molecule has 0 unspecified atom stereocenters. The van der Waals surface area contributed by atoms with Crippen molar-refractivity contribution in [2.45, 2.75) is 39.5 Å². The van der Waals surface area contributed by atoms with E-state index in [4.69, 9.17) is 11.6 Å². The Balaban J connectivity index is 2.22.